The van der Waals surface area contributed by atoms with Crippen LogP contribution in [0, 0.1) is 6.92 Å². The standard InChI is InChI=1S/C12H11ClN2O/c1-8-2-4-9(5-3-8)6-11-10(12(13)16)7-14-15-11/h2-5,7H,6H2,1H3,(H,14,15). The van der Waals surface area contributed by atoms with Crippen LogP contribution in [0.3, 0.4) is 0 Å². The summed E-state index contributed by atoms with van der Waals surface area (Å²) in [5, 5.41) is 6.20. The van der Waals surface area contributed by atoms with Gasteiger partial charge in [0.2, 0.25) is 0 Å². The molecule has 0 saturated carbocycles. The van der Waals surface area contributed by atoms with Gasteiger partial charge >= 0.3 is 0 Å². The Hall–Kier alpha value is -1.61. The number of nitrogens with zero attached hydrogens (tertiary/aromatic N) is 1. The van der Waals surface area contributed by atoms with Crippen LogP contribution in [-0.4, -0.2) is 15.4 Å². The number of rotatable bonds is 3. The largest absolute Gasteiger partial charge is 0.285 e. The highest BCUT2D eigenvalue weighted by Gasteiger charge is 2.11. The molecule has 0 fully saturated rings. The molecule has 0 aliphatic heterocycles. The Bertz CT molecular complexity index is 502. The molecule has 82 valence electrons. The minimum absolute atomic E-state index is 0.447. The molecule has 0 spiro atoms. The van der Waals surface area contributed by atoms with E-state index in [1.54, 1.807) is 0 Å². The highest BCUT2D eigenvalue weighted by Crippen LogP contribution is 2.14. The van der Waals surface area contributed by atoms with E-state index in [2.05, 4.69) is 10.2 Å². The molecule has 4 heteroatoms. The van der Waals surface area contributed by atoms with Crippen LogP contribution in [0.4, 0.5) is 0 Å². The molecule has 2 aromatic rings. The first kappa shape index (κ1) is 10.9. The topological polar surface area (TPSA) is 45.8 Å². The molecule has 0 aliphatic rings. The second kappa shape index (κ2) is 4.49. The quantitative estimate of drug-likeness (QED) is 0.830. The third kappa shape index (κ3) is 2.31. The van der Waals surface area contributed by atoms with Crippen molar-refractivity contribution >= 4 is 16.8 Å². The first-order valence-corrected chi connectivity index (χ1v) is 5.32. The molecule has 1 N–H and O–H groups in total. The van der Waals surface area contributed by atoms with Crippen molar-refractivity contribution in [1.29, 1.82) is 0 Å². The lowest BCUT2D eigenvalue weighted by Crippen LogP contribution is -1.96. The molecule has 2 rings (SSSR count). The van der Waals surface area contributed by atoms with E-state index in [4.69, 9.17) is 11.6 Å². The van der Waals surface area contributed by atoms with Crippen molar-refractivity contribution in [1.82, 2.24) is 10.2 Å². The van der Waals surface area contributed by atoms with Gasteiger partial charge in [0, 0.05) is 12.6 Å². The van der Waals surface area contributed by atoms with Crippen LogP contribution in [0.5, 0.6) is 0 Å². The summed E-state index contributed by atoms with van der Waals surface area (Å²) >= 11 is 5.44. The van der Waals surface area contributed by atoms with Crippen LogP contribution < -0.4 is 0 Å². The first-order chi connectivity index (χ1) is 7.66. The van der Waals surface area contributed by atoms with E-state index in [0.717, 1.165) is 5.56 Å². The number of aromatic amines is 1. The van der Waals surface area contributed by atoms with Gasteiger partial charge in [-0.15, -0.1) is 0 Å². The lowest BCUT2D eigenvalue weighted by molar-refractivity contribution is 0.108. The van der Waals surface area contributed by atoms with Gasteiger partial charge in [0.05, 0.1) is 11.3 Å². The molecule has 0 unspecified atom stereocenters. The molecule has 1 aromatic carbocycles. The molecule has 0 saturated heterocycles. The van der Waals surface area contributed by atoms with Crippen molar-refractivity contribution in [3.63, 3.8) is 0 Å². The number of nitrogens with one attached hydrogen (secondary N) is 1. The van der Waals surface area contributed by atoms with Gasteiger partial charge in [0.1, 0.15) is 0 Å². The van der Waals surface area contributed by atoms with Gasteiger partial charge in [-0.25, -0.2) is 0 Å². The SMILES string of the molecule is Cc1ccc(Cc2n[nH]cc2C(=O)Cl)cc1. The van der Waals surface area contributed by atoms with Crippen LogP contribution >= 0.6 is 11.6 Å². The monoisotopic (exact) mass is 234 g/mol. The zero-order valence-corrected chi connectivity index (χ0v) is 9.58. The third-order valence-corrected chi connectivity index (χ3v) is 2.63. The zero-order chi connectivity index (χ0) is 11.5. The minimum atomic E-state index is -0.476. The lowest BCUT2D eigenvalue weighted by atomic mass is 10.1. The predicted octanol–water partition coefficient (Wildman–Crippen LogP) is 2.69. The number of benzene rings is 1. The molecule has 1 heterocycles. The highest BCUT2D eigenvalue weighted by atomic mass is 35.5. The van der Waals surface area contributed by atoms with E-state index in [-0.39, 0.29) is 0 Å². The Morgan fingerprint density at radius 2 is 2.06 bits per heavy atom. The lowest BCUT2D eigenvalue weighted by Gasteiger charge is -2.00. The number of hydrogen-bond acceptors (Lipinski definition) is 2. The van der Waals surface area contributed by atoms with Crippen LogP contribution in [0.1, 0.15) is 27.2 Å². The first-order valence-electron chi connectivity index (χ1n) is 4.95. The number of carbonyl (C=O) groups excluding carboxylic acids is 1. The molecule has 3 nitrogen and oxygen atoms in total. The number of carbonyl (C=O) groups is 1. The van der Waals surface area contributed by atoms with E-state index in [0.29, 0.717) is 17.7 Å². The van der Waals surface area contributed by atoms with Gasteiger partial charge in [0.15, 0.2) is 0 Å². The average Bonchev–Trinajstić information content (AvgIpc) is 2.69. The molecule has 0 atom stereocenters. The van der Waals surface area contributed by atoms with Gasteiger partial charge in [-0.3, -0.25) is 9.89 Å². The van der Waals surface area contributed by atoms with Crippen LogP contribution in [0.15, 0.2) is 30.5 Å². The number of aromatic nitrogens is 2. The number of H-pyrrole nitrogens is 1. The van der Waals surface area contributed by atoms with Crippen molar-refractivity contribution in [3.8, 4) is 0 Å². The van der Waals surface area contributed by atoms with Crippen LogP contribution in [0.2, 0.25) is 0 Å². The number of halogens is 1. The summed E-state index contributed by atoms with van der Waals surface area (Å²) in [6, 6.07) is 8.10. The summed E-state index contributed by atoms with van der Waals surface area (Å²) in [7, 11) is 0. The van der Waals surface area contributed by atoms with Gasteiger partial charge in [0.25, 0.3) is 5.24 Å². The highest BCUT2D eigenvalue weighted by molar-refractivity contribution is 6.67. The maximum atomic E-state index is 11.1. The zero-order valence-electron chi connectivity index (χ0n) is 8.83. The van der Waals surface area contributed by atoms with Crippen LogP contribution in [-0.2, 0) is 6.42 Å². The summed E-state index contributed by atoms with van der Waals surface area (Å²) < 4.78 is 0. The summed E-state index contributed by atoms with van der Waals surface area (Å²) in [4.78, 5) is 11.1. The molecule has 0 amide bonds. The van der Waals surface area contributed by atoms with Crippen molar-refractivity contribution in [3.05, 3.63) is 52.8 Å². The van der Waals surface area contributed by atoms with Crippen molar-refractivity contribution in [2.75, 3.05) is 0 Å². The van der Waals surface area contributed by atoms with Gasteiger partial charge in [-0.1, -0.05) is 29.8 Å². The van der Waals surface area contributed by atoms with Crippen molar-refractivity contribution in [2.24, 2.45) is 0 Å². The summed E-state index contributed by atoms with van der Waals surface area (Å²) in [6.45, 7) is 2.03. The summed E-state index contributed by atoms with van der Waals surface area (Å²) in [5.41, 5.74) is 3.45. The maximum Gasteiger partial charge on any atom is 0.255 e. The Morgan fingerprint density at radius 3 is 2.69 bits per heavy atom. The smallest absolute Gasteiger partial charge is 0.255 e. The van der Waals surface area contributed by atoms with E-state index >= 15 is 0 Å². The molecule has 16 heavy (non-hydrogen) atoms. The predicted molar refractivity (Wildman–Crippen MR) is 62.8 cm³/mol. The number of hydrogen-bond donors (Lipinski definition) is 1. The molecule has 1 aromatic heterocycles. The molecule has 0 radical (unpaired) electrons. The van der Waals surface area contributed by atoms with E-state index in [1.165, 1.54) is 11.8 Å². The van der Waals surface area contributed by atoms with Crippen LogP contribution in [0.25, 0.3) is 0 Å². The minimum Gasteiger partial charge on any atom is -0.285 e. The molecular formula is C12H11ClN2O. The van der Waals surface area contributed by atoms with Crippen molar-refractivity contribution in [2.45, 2.75) is 13.3 Å². The second-order valence-corrected chi connectivity index (χ2v) is 4.02. The fourth-order valence-corrected chi connectivity index (χ4v) is 1.69. The van der Waals surface area contributed by atoms with E-state index in [1.807, 2.05) is 31.2 Å². The fourth-order valence-electron chi connectivity index (χ4n) is 1.52. The summed E-state index contributed by atoms with van der Waals surface area (Å²) in [5.74, 6) is 0. The fraction of sp³-hybridized carbons (Fsp3) is 0.167. The van der Waals surface area contributed by atoms with Gasteiger partial charge in [-0.2, -0.15) is 5.10 Å². The molecular weight excluding hydrogens is 224 g/mol. The maximum absolute atomic E-state index is 11.1. The second-order valence-electron chi connectivity index (χ2n) is 3.68. The van der Waals surface area contributed by atoms with Gasteiger partial charge in [-0.05, 0) is 24.1 Å². The Kier molecular flexibility index (Phi) is 3.06. The Balaban J connectivity index is 2.23. The molecule has 0 aliphatic carbocycles. The van der Waals surface area contributed by atoms with E-state index < -0.39 is 5.24 Å². The van der Waals surface area contributed by atoms with Crippen molar-refractivity contribution < 1.29 is 4.79 Å². The van der Waals surface area contributed by atoms with E-state index in [9.17, 15) is 4.79 Å². The van der Waals surface area contributed by atoms with Gasteiger partial charge < -0.3 is 0 Å². The summed E-state index contributed by atoms with van der Waals surface area (Å²) in [6.07, 6.45) is 2.14. The Labute approximate surface area is 98.4 Å². The molecule has 0 bridgehead atoms. The third-order valence-electron chi connectivity index (χ3n) is 2.42. The Morgan fingerprint density at radius 1 is 1.38 bits per heavy atom. The number of aryl methyl sites for hydroxylation is 1. The average molecular weight is 235 g/mol. The normalized spacial score (nSPS) is 10.4.